The smallest absolute Gasteiger partial charge is 0.208 e. The maximum Gasteiger partial charge on any atom is 0.208 e. The first-order valence-electron chi connectivity index (χ1n) is 8.40. The predicted molar refractivity (Wildman–Crippen MR) is 101 cm³/mol. The zero-order chi connectivity index (χ0) is 17.2. The Balaban J connectivity index is 1.51. The van der Waals surface area contributed by atoms with E-state index in [1.54, 1.807) is 17.7 Å². The van der Waals surface area contributed by atoms with Gasteiger partial charge in [-0.05, 0) is 12.5 Å². The number of alkyl halides is 1. The number of anilines is 2. The van der Waals surface area contributed by atoms with Crippen LogP contribution in [0.15, 0.2) is 12.4 Å². The first-order chi connectivity index (χ1) is 12.3. The minimum Gasteiger partial charge on any atom is -0.352 e. The highest BCUT2D eigenvalue weighted by Gasteiger charge is 2.23. The quantitative estimate of drug-likeness (QED) is 0.679. The number of rotatable bonds is 5. The first kappa shape index (κ1) is 16.6. The number of halogens is 1. The number of hydrogen-bond acceptors (Lipinski definition) is 8. The lowest BCUT2D eigenvalue weighted by atomic mass is 10.2. The van der Waals surface area contributed by atoms with E-state index in [9.17, 15) is 4.39 Å². The van der Waals surface area contributed by atoms with Gasteiger partial charge in [0.25, 0.3) is 0 Å². The SMILES string of the molecule is CCCc1cc2c(N3CCN(c4nnc(CF)s4)CC3)ncnc2s1. The standard InChI is InChI=1S/C16H19FN6S2/c1-2-3-11-8-12-14(18-10-19-15(12)24-11)22-4-6-23(7-5-22)16-21-20-13(9-17)25-16/h8,10H,2-7,9H2,1H3. The summed E-state index contributed by atoms with van der Waals surface area (Å²) < 4.78 is 12.7. The van der Waals surface area contributed by atoms with Crippen LogP contribution in [0.2, 0.25) is 0 Å². The molecule has 0 N–H and O–H groups in total. The summed E-state index contributed by atoms with van der Waals surface area (Å²) in [6.07, 6.45) is 3.88. The van der Waals surface area contributed by atoms with Crippen molar-refractivity contribution in [3.8, 4) is 0 Å². The molecule has 4 heterocycles. The average molecular weight is 379 g/mol. The van der Waals surface area contributed by atoms with E-state index in [2.05, 4.69) is 43.0 Å². The third-order valence-electron chi connectivity index (χ3n) is 4.28. The summed E-state index contributed by atoms with van der Waals surface area (Å²) >= 11 is 3.10. The number of aromatic nitrogens is 4. The van der Waals surface area contributed by atoms with E-state index in [1.807, 2.05) is 0 Å². The lowest BCUT2D eigenvalue weighted by Crippen LogP contribution is -2.46. The van der Waals surface area contributed by atoms with Gasteiger partial charge in [0.2, 0.25) is 5.13 Å². The van der Waals surface area contributed by atoms with Crippen molar-refractivity contribution in [3.05, 3.63) is 22.3 Å². The molecule has 0 aliphatic carbocycles. The van der Waals surface area contributed by atoms with Crippen molar-refractivity contribution in [1.82, 2.24) is 20.2 Å². The van der Waals surface area contributed by atoms with Crippen LogP contribution in [0.1, 0.15) is 23.2 Å². The molecule has 9 heteroatoms. The van der Waals surface area contributed by atoms with Gasteiger partial charge in [0.15, 0.2) is 0 Å². The molecule has 4 rings (SSSR count). The Labute approximate surface area is 153 Å². The van der Waals surface area contributed by atoms with Crippen LogP contribution in [-0.4, -0.2) is 46.3 Å². The Morgan fingerprint density at radius 1 is 1.08 bits per heavy atom. The largest absolute Gasteiger partial charge is 0.352 e. The highest BCUT2D eigenvalue weighted by Crippen LogP contribution is 2.32. The van der Waals surface area contributed by atoms with Crippen LogP contribution >= 0.6 is 22.7 Å². The van der Waals surface area contributed by atoms with E-state index >= 15 is 0 Å². The Morgan fingerprint density at radius 2 is 1.88 bits per heavy atom. The first-order valence-corrected chi connectivity index (χ1v) is 10.0. The summed E-state index contributed by atoms with van der Waals surface area (Å²) in [5.41, 5.74) is 0. The summed E-state index contributed by atoms with van der Waals surface area (Å²) in [5, 5.41) is 10.4. The molecule has 1 aliphatic heterocycles. The molecule has 1 fully saturated rings. The van der Waals surface area contributed by atoms with Crippen LogP contribution in [-0.2, 0) is 13.1 Å². The van der Waals surface area contributed by atoms with Gasteiger partial charge in [-0.1, -0.05) is 24.7 Å². The highest BCUT2D eigenvalue weighted by molar-refractivity contribution is 7.18. The van der Waals surface area contributed by atoms with Crippen LogP contribution < -0.4 is 9.80 Å². The minimum atomic E-state index is -0.547. The normalized spacial score (nSPS) is 15.3. The molecule has 0 amide bonds. The lowest BCUT2D eigenvalue weighted by molar-refractivity contribution is 0.481. The van der Waals surface area contributed by atoms with Crippen LogP contribution in [0.4, 0.5) is 15.3 Å². The molecule has 1 aliphatic rings. The van der Waals surface area contributed by atoms with E-state index in [0.29, 0.717) is 5.01 Å². The number of thiophene rings is 1. The fraction of sp³-hybridized carbons (Fsp3) is 0.500. The number of hydrogen-bond donors (Lipinski definition) is 0. The molecule has 0 unspecified atom stereocenters. The molecule has 1 saturated heterocycles. The fourth-order valence-corrected chi connectivity index (χ4v) is 4.88. The Hall–Kier alpha value is -1.87. The van der Waals surface area contributed by atoms with Crippen molar-refractivity contribution in [2.45, 2.75) is 26.4 Å². The van der Waals surface area contributed by atoms with Gasteiger partial charge >= 0.3 is 0 Å². The van der Waals surface area contributed by atoms with Gasteiger partial charge in [0.1, 0.15) is 28.7 Å². The van der Waals surface area contributed by atoms with Crippen LogP contribution in [0.3, 0.4) is 0 Å². The zero-order valence-electron chi connectivity index (χ0n) is 14.0. The second-order valence-electron chi connectivity index (χ2n) is 5.96. The molecule has 132 valence electrons. The fourth-order valence-electron chi connectivity index (χ4n) is 3.05. The average Bonchev–Trinajstić information content (AvgIpc) is 3.28. The summed E-state index contributed by atoms with van der Waals surface area (Å²) in [6, 6.07) is 2.24. The molecule has 0 atom stereocenters. The van der Waals surface area contributed by atoms with Crippen molar-refractivity contribution < 1.29 is 4.39 Å². The monoisotopic (exact) mass is 378 g/mol. The topological polar surface area (TPSA) is 58.0 Å². The highest BCUT2D eigenvalue weighted by atomic mass is 32.1. The van der Waals surface area contributed by atoms with Gasteiger partial charge < -0.3 is 9.80 Å². The van der Waals surface area contributed by atoms with Gasteiger partial charge in [-0.15, -0.1) is 21.5 Å². The van der Waals surface area contributed by atoms with Crippen LogP contribution in [0.5, 0.6) is 0 Å². The second kappa shape index (κ2) is 7.17. The predicted octanol–water partition coefficient (Wildman–Crippen LogP) is 3.29. The molecule has 0 aromatic carbocycles. The van der Waals surface area contributed by atoms with Crippen molar-refractivity contribution in [2.24, 2.45) is 0 Å². The molecule has 0 bridgehead atoms. The lowest BCUT2D eigenvalue weighted by Gasteiger charge is -2.35. The number of nitrogens with zero attached hydrogens (tertiary/aromatic N) is 6. The van der Waals surface area contributed by atoms with Gasteiger partial charge in [0, 0.05) is 31.1 Å². The van der Waals surface area contributed by atoms with E-state index in [1.165, 1.54) is 16.2 Å². The number of piperazine rings is 1. The summed E-state index contributed by atoms with van der Waals surface area (Å²) in [5.74, 6) is 1.02. The molecule has 25 heavy (non-hydrogen) atoms. The third kappa shape index (κ3) is 3.30. The number of aryl methyl sites for hydroxylation is 1. The van der Waals surface area contributed by atoms with Crippen molar-refractivity contribution in [1.29, 1.82) is 0 Å². The molecule has 0 spiro atoms. The molecule has 6 nitrogen and oxygen atoms in total. The molecular weight excluding hydrogens is 359 g/mol. The molecule has 0 saturated carbocycles. The van der Waals surface area contributed by atoms with Gasteiger partial charge in [-0.2, -0.15) is 0 Å². The van der Waals surface area contributed by atoms with Crippen LogP contribution in [0, 0.1) is 0 Å². The van der Waals surface area contributed by atoms with Crippen molar-refractivity contribution >= 4 is 43.8 Å². The molecule has 3 aromatic rings. The van der Waals surface area contributed by atoms with Crippen LogP contribution in [0.25, 0.3) is 10.2 Å². The van der Waals surface area contributed by atoms with Gasteiger partial charge in [0.05, 0.1) is 5.39 Å². The third-order valence-corrected chi connectivity index (χ3v) is 6.33. The van der Waals surface area contributed by atoms with Crippen molar-refractivity contribution in [3.63, 3.8) is 0 Å². The molecular formula is C16H19FN6S2. The maximum atomic E-state index is 12.7. The maximum absolute atomic E-state index is 12.7. The summed E-state index contributed by atoms with van der Waals surface area (Å²) in [4.78, 5) is 15.9. The van der Waals surface area contributed by atoms with E-state index in [-0.39, 0.29) is 0 Å². The van der Waals surface area contributed by atoms with E-state index < -0.39 is 6.67 Å². The van der Waals surface area contributed by atoms with E-state index in [0.717, 1.165) is 60.2 Å². The summed E-state index contributed by atoms with van der Waals surface area (Å²) in [6.45, 7) is 5.02. The number of fused-ring (bicyclic) bond motifs is 1. The Bertz CT molecular complexity index is 855. The molecule has 0 radical (unpaired) electrons. The second-order valence-corrected chi connectivity index (χ2v) is 8.12. The zero-order valence-corrected chi connectivity index (χ0v) is 15.6. The summed E-state index contributed by atoms with van der Waals surface area (Å²) in [7, 11) is 0. The van der Waals surface area contributed by atoms with E-state index in [4.69, 9.17) is 0 Å². The molecule has 3 aromatic heterocycles. The minimum absolute atomic E-state index is 0.441. The van der Waals surface area contributed by atoms with Crippen molar-refractivity contribution in [2.75, 3.05) is 36.0 Å². The Morgan fingerprint density at radius 3 is 2.60 bits per heavy atom. The van der Waals surface area contributed by atoms with Gasteiger partial charge in [-0.25, -0.2) is 14.4 Å². The van der Waals surface area contributed by atoms with Gasteiger partial charge in [-0.3, -0.25) is 0 Å². The Kier molecular flexibility index (Phi) is 4.76.